The molecule has 3 aromatic rings. The van der Waals surface area contributed by atoms with Crippen molar-refractivity contribution in [3.05, 3.63) is 63.8 Å². The lowest BCUT2D eigenvalue weighted by Gasteiger charge is -2.38. The molecule has 1 saturated heterocycles. The largest absolute Gasteiger partial charge is 0.380 e. The third-order valence-corrected chi connectivity index (χ3v) is 7.84. The van der Waals surface area contributed by atoms with Gasteiger partial charge in [-0.3, -0.25) is 14.5 Å². The topological polar surface area (TPSA) is 129 Å². The Bertz CT molecular complexity index is 1470. The van der Waals surface area contributed by atoms with Crippen molar-refractivity contribution in [3.63, 3.8) is 0 Å². The molecular formula is C29H35ClN8O3. The number of anilines is 5. The van der Waals surface area contributed by atoms with Crippen molar-refractivity contribution in [1.29, 1.82) is 0 Å². The van der Waals surface area contributed by atoms with E-state index in [-0.39, 0.29) is 18.5 Å². The number of nitrogens with one attached hydrogen (secondary N) is 2. The van der Waals surface area contributed by atoms with E-state index in [1.807, 2.05) is 13.1 Å². The summed E-state index contributed by atoms with van der Waals surface area (Å²) < 4.78 is 5.29. The van der Waals surface area contributed by atoms with Gasteiger partial charge in [-0.2, -0.15) is 4.98 Å². The molecular weight excluding hydrogens is 544 g/mol. The molecule has 0 aliphatic carbocycles. The summed E-state index contributed by atoms with van der Waals surface area (Å²) in [6.45, 7) is 9.03. The molecule has 0 saturated carbocycles. The van der Waals surface area contributed by atoms with Gasteiger partial charge in [0.15, 0.2) is 5.82 Å². The second kappa shape index (κ2) is 11.9. The van der Waals surface area contributed by atoms with Crippen molar-refractivity contribution >= 4 is 52.2 Å². The Morgan fingerprint density at radius 2 is 1.85 bits per heavy atom. The van der Waals surface area contributed by atoms with Crippen LogP contribution in [0.4, 0.5) is 28.8 Å². The molecule has 216 valence electrons. The van der Waals surface area contributed by atoms with Gasteiger partial charge in [0.25, 0.3) is 5.91 Å². The fraction of sp³-hybridized carbons (Fsp3) is 0.379. The van der Waals surface area contributed by atoms with Crippen LogP contribution in [0, 0.1) is 0 Å². The van der Waals surface area contributed by atoms with Crippen molar-refractivity contribution in [2.75, 3.05) is 55.9 Å². The number of aromatic nitrogens is 2. The number of amides is 2. The number of benzene rings is 2. The first-order valence-electron chi connectivity index (χ1n) is 13.5. The normalized spacial score (nSPS) is 15.4. The van der Waals surface area contributed by atoms with Crippen LogP contribution < -0.4 is 21.3 Å². The molecule has 11 nitrogen and oxygen atoms in total. The lowest BCUT2D eigenvalue weighted by atomic mass is 10.0. The van der Waals surface area contributed by atoms with Crippen molar-refractivity contribution in [3.8, 4) is 0 Å². The van der Waals surface area contributed by atoms with Crippen LogP contribution in [-0.4, -0.2) is 78.0 Å². The molecule has 0 unspecified atom stereocenters. The van der Waals surface area contributed by atoms with Crippen LogP contribution in [0.1, 0.15) is 45.7 Å². The number of nitrogens with two attached hydrogens (primary N) is 1. The molecule has 0 radical (unpaired) electrons. The Hall–Kier alpha value is -3.93. The molecule has 12 heteroatoms. The van der Waals surface area contributed by atoms with E-state index in [2.05, 4.69) is 50.3 Å². The number of halogens is 1. The van der Waals surface area contributed by atoms with E-state index in [1.165, 1.54) is 6.20 Å². The number of nitrogens with zero attached hydrogens (tertiary/aromatic N) is 5. The number of methoxy groups -OCH3 is 1. The first kappa shape index (κ1) is 28.6. The van der Waals surface area contributed by atoms with Gasteiger partial charge in [0.2, 0.25) is 11.9 Å². The van der Waals surface area contributed by atoms with Crippen molar-refractivity contribution in [1.82, 2.24) is 19.8 Å². The number of hydrogen-bond donors (Lipinski definition) is 3. The number of carbonyl (C=O) groups excluding carboxylic acids is 2. The van der Waals surface area contributed by atoms with Crippen LogP contribution in [0.15, 0.2) is 36.5 Å². The van der Waals surface area contributed by atoms with Gasteiger partial charge in [-0.05, 0) is 44.2 Å². The summed E-state index contributed by atoms with van der Waals surface area (Å²) in [5, 5.41) is 6.76. The zero-order valence-electron chi connectivity index (χ0n) is 23.7. The van der Waals surface area contributed by atoms with Crippen LogP contribution in [0.25, 0.3) is 0 Å². The molecule has 1 aromatic heterocycles. The summed E-state index contributed by atoms with van der Waals surface area (Å²) in [6, 6.07) is 9.52. The number of fused-ring (bicyclic) bond motifs is 1. The number of hydrogen-bond acceptors (Lipinski definition) is 9. The molecule has 3 heterocycles. The highest BCUT2D eigenvalue weighted by Gasteiger charge is 2.32. The van der Waals surface area contributed by atoms with E-state index < -0.39 is 5.91 Å². The van der Waals surface area contributed by atoms with Crippen molar-refractivity contribution < 1.29 is 14.3 Å². The van der Waals surface area contributed by atoms with E-state index in [9.17, 15) is 9.59 Å². The average molecular weight is 579 g/mol. The number of carbonyl (C=O) groups is 2. The van der Waals surface area contributed by atoms with Gasteiger partial charge in [-0.25, -0.2) is 4.98 Å². The van der Waals surface area contributed by atoms with Crippen molar-refractivity contribution in [2.45, 2.75) is 33.0 Å². The van der Waals surface area contributed by atoms with Gasteiger partial charge in [-0.1, -0.05) is 11.6 Å². The molecule has 41 heavy (non-hydrogen) atoms. The Morgan fingerprint density at radius 1 is 1.12 bits per heavy atom. The van der Waals surface area contributed by atoms with Gasteiger partial charge >= 0.3 is 0 Å². The number of piperazine rings is 1. The van der Waals surface area contributed by atoms with Gasteiger partial charge in [-0.15, -0.1) is 0 Å². The number of ether oxygens (including phenoxy) is 1. The number of rotatable bonds is 9. The quantitative estimate of drug-likeness (QED) is 0.345. The molecule has 0 atom stereocenters. The lowest BCUT2D eigenvalue weighted by molar-refractivity contribution is 0.0817. The van der Waals surface area contributed by atoms with Crippen LogP contribution in [0.3, 0.4) is 0 Å². The Balaban J connectivity index is 1.42. The summed E-state index contributed by atoms with van der Waals surface area (Å²) in [6.07, 6.45) is 1.49. The predicted octanol–water partition coefficient (Wildman–Crippen LogP) is 3.98. The van der Waals surface area contributed by atoms with Gasteiger partial charge in [0.1, 0.15) is 5.02 Å². The molecule has 0 spiro atoms. The predicted molar refractivity (Wildman–Crippen MR) is 160 cm³/mol. The molecule has 2 aliphatic heterocycles. The third kappa shape index (κ3) is 5.92. The second-order valence-electron chi connectivity index (χ2n) is 10.6. The van der Waals surface area contributed by atoms with Crippen LogP contribution in [0.5, 0.6) is 0 Å². The molecule has 2 amide bonds. The maximum Gasteiger partial charge on any atom is 0.256 e. The molecule has 0 bridgehead atoms. The molecule has 4 N–H and O–H groups in total. The smallest absolute Gasteiger partial charge is 0.256 e. The highest BCUT2D eigenvalue weighted by atomic mass is 35.5. The minimum absolute atomic E-state index is 0.0487. The lowest BCUT2D eigenvalue weighted by Crippen LogP contribution is -2.49. The second-order valence-corrected chi connectivity index (χ2v) is 11.0. The average Bonchev–Trinajstić information content (AvgIpc) is 3.25. The SMILES string of the molecule is COCc1cc(C(N)=O)ccc1Nc1ncc(Cl)c(Nc2ccc(N3CCN(C(C)C)CC3)c3c2C(=O)N(C)C3)n1. The zero-order chi connectivity index (χ0) is 29.3. The minimum atomic E-state index is -0.528. The van der Waals surface area contributed by atoms with E-state index in [1.54, 1.807) is 30.2 Å². The summed E-state index contributed by atoms with van der Waals surface area (Å²) >= 11 is 6.50. The maximum atomic E-state index is 13.3. The maximum absolute atomic E-state index is 13.3. The third-order valence-electron chi connectivity index (χ3n) is 7.56. The zero-order valence-corrected chi connectivity index (χ0v) is 24.5. The summed E-state index contributed by atoms with van der Waals surface area (Å²) in [4.78, 5) is 40.4. The van der Waals surface area contributed by atoms with Crippen LogP contribution in [-0.2, 0) is 17.9 Å². The van der Waals surface area contributed by atoms with Gasteiger partial charge in [0.05, 0.1) is 24.1 Å². The number of primary amides is 1. The fourth-order valence-corrected chi connectivity index (χ4v) is 5.47. The molecule has 2 aromatic carbocycles. The first-order valence-corrected chi connectivity index (χ1v) is 13.9. The Labute approximate surface area is 244 Å². The molecule has 2 aliphatic rings. The van der Waals surface area contributed by atoms with Gasteiger partial charge in [0, 0.05) is 81.0 Å². The monoisotopic (exact) mass is 578 g/mol. The Morgan fingerprint density at radius 3 is 2.54 bits per heavy atom. The van der Waals surface area contributed by atoms with Crippen molar-refractivity contribution in [2.24, 2.45) is 5.73 Å². The fourth-order valence-electron chi connectivity index (χ4n) is 5.33. The summed E-state index contributed by atoms with van der Waals surface area (Å²) in [7, 11) is 3.38. The van der Waals surface area contributed by atoms with Crippen LogP contribution in [0.2, 0.25) is 5.02 Å². The summed E-state index contributed by atoms with van der Waals surface area (Å²) in [5.74, 6) is 0.0574. The Kier molecular flexibility index (Phi) is 8.30. The minimum Gasteiger partial charge on any atom is -0.380 e. The molecule has 1 fully saturated rings. The van der Waals surface area contributed by atoms with E-state index in [0.717, 1.165) is 37.4 Å². The van der Waals surface area contributed by atoms with E-state index in [0.29, 0.717) is 51.5 Å². The van der Waals surface area contributed by atoms with E-state index >= 15 is 0 Å². The highest BCUT2D eigenvalue weighted by molar-refractivity contribution is 6.33. The van der Waals surface area contributed by atoms with Gasteiger partial charge < -0.3 is 30.9 Å². The standard InChI is InChI=1S/C29H35ClN8O3/c1-17(2)37-9-11-38(12-10-37)24-8-7-23(25-20(24)15-36(3)28(25)40)33-27-21(30)14-32-29(35-27)34-22-6-5-18(26(31)39)13-19(22)16-41-4/h5-8,13-14,17H,9-12,15-16H2,1-4H3,(H2,31,39)(H2,32,33,34,35). The highest BCUT2D eigenvalue weighted by Crippen LogP contribution is 2.38. The van der Waals surface area contributed by atoms with E-state index in [4.69, 9.17) is 22.1 Å². The van der Waals surface area contributed by atoms with Crippen LogP contribution >= 0.6 is 11.6 Å². The summed E-state index contributed by atoms with van der Waals surface area (Å²) in [5.41, 5.74) is 10.5. The first-order chi connectivity index (χ1) is 19.7. The molecule has 5 rings (SSSR count).